The smallest absolute Gasteiger partial charge is 0.0807 e. The molecule has 1 aliphatic carbocycles. The average molecular weight is 307 g/mol. The predicted octanol–water partition coefficient (Wildman–Crippen LogP) is 3.06. The molecule has 1 aliphatic rings. The van der Waals surface area contributed by atoms with E-state index in [1.165, 1.54) is 5.56 Å². The molecule has 0 spiro atoms. The van der Waals surface area contributed by atoms with Crippen LogP contribution in [-0.2, 0) is 13.0 Å². The van der Waals surface area contributed by atoms with Crippen molar-refractivity contribution in [1.29, 1.82) is 0 Å². The number of nitrogens with zero attached hydrogens (tertiary/aromatic N) is 2. The molecule has 0 saturated heterocycles. The molecular formula is C14H15BrN2O. The van der Waals surface area contributed by atoms with E-state index in [9.17, 15) is 5.11 Å². The number of rotatable bonds is 2. The lowest BCUT2D eigenvalue weighted by atomic mass is 9.93. The molecule has 2 aromatic heterocycles. The summed E-state index contributed by atoms with van der Waals surface area (Å²) in [7, 11) is 0. The van der Waals surface area contributed by atoms with Crippen molar-refractivity contribution < 1.29 is 5.11 Å². The van der Waals surface area contributed by atoms with Crippen LogP contribution in [0.1, 0.15) is 35.8 Å². The molecular weight excluding hydrogens is 292 g/mol. The normalized spacial score (nSPS) is 18.7. The summed E-state index contributed by atoms with van der Waals surface area (Å²) in [5, 5.41) is 9.94. The van der Waals surface area contributed by atoms with Gasteiger partial charge in [0.25, 0.3) is 0 Å². The molecule has 4 heteroatoms. The van der Waals surface area contributed by atoms with Crippen molar-refractivity contribution in [3.05, 3.63) is 52.0 Å². The van der Waals surface area contributed by atoms with E-state index in [-0.39, 0.29) is 6.10 Å². The van der Waals surface area contributed by atoms with Crippen LogP contribution in [0.2, 0.25) is 0 Å². The highest BCUT2D eigenvalue weighted by atomic mass is 79.9. The number of aliphatic hydroxyl groups is 1. The summed E-state index contributed by atoms with van der Waals surface area (Å²) < 4.78 is 3.11. The standard InChI is InChI=1S/C14H15BrN2O/c15-11-4-5-12(16-6-11)8-17-7-10-2-1-3-14(18)13(10)9-17/h4-7,9,14,18H,1-3,8H2. The third-order valence-electron chi connectivity index (χ3n) is 3.41. The van der Waals surface area contributed by atoms with Crippen LogP contribution >= 0.6 is 15.9 Å². The molecule has 2 aromatic rings. The van der Waals surface area contributed by atoms with E-state index in [2.05, 4.69) is 37.9 Å². The Kier molecular flexibility index (Phi) is 3.22. The summed E-state index contributed by atoms with van der Waals surface area (Å²) >= 11 is 3.38. The van der Waals surface area contributed by atoms with Gasteiger partial charge in [0.1, 0.15) is 0 Å². The zero-order valence-corrected chi connectivity index (χ0v) is 11.6. The van der Waals surface area contributed by atoms with Gasteiger partial charge in [0.05, 0.1) is 18.3 Å². The molecule has 18 heavy (non-hydrogen) atoms. The highest BCUT2D eigenvalue weighted by molar-refractivity contribution is 9.10. The molecule has 0 bridgehead atoms. The Bertz CT molecular complexity index is 547. The first-order valence-corrected chi connectivity index (χ1v) is 6.99. The van der Waals surface area contributed by atoms with Crippen molar-refractivity contribution in [2.75, 3.05) is 0 Å². The van der Waals surface area contributed by atoms with E-state index in [1.54, 1.807) is 0 Å². The molecule has 0 amide bonds. The lowest BCUT2D eigenvalue weighted by Crippen LogP contribution is -2.05. The fourth-order valence-electron chi connectivity index (χ4n) is 2.50. The van der Waals surface area contributed by atoms with Gasteiger partial charge in [0, 0.05) is 28.6 Å². The second-order valence-corrected chi connectivity index (χ2v) is 5.70. The molecule has 0 aliphatic heterocycles. The van der Waals surface area contributed by atoms with E-state index in [4.69, 9.17) is 0 Å². The van der Waals surface area contributed by atoms with Crippen molar-refractivity contribution in [2.24, 2.45) is 0 Å². The maximum Gasteiger partial charge on any atom is 0.0807 e. The minimum Gasteiger partial charge on any atom is -0.388 e. The second-order valence-electron chi connectivity index (χ2n) is 4.79. The summed E-state index contributed by atoms with van der Waals surface area (Å²) in [6, 6.07) is 4.01. The first-order chi connectivity index (χ1) is 8.72. The topological polar surface area (TPSA) is 38.0 Å². The predicted molar refractivity (Wildman–Crippen MR) is 73.4 cm³/mol. The third kappa shape index (κ3) is 2.35. The van der Waals surface area contributed by atoms with Gasteiger partial charge < -0.3 is 9.67 Å². The molecule has 0 aromatic carbocycles. The first kappa shape index (κ1) is 11.9. The minimum absolute atomic E-state index is 0.284. The van der Waals surface area contributed by atoms with E-state index in [0.29, 0.717) is 0 Å². The summed E-state index contributed by atoms with van der Waals surface area (Å²) in [4.78, 5) is 4.37. The van der Waals surface area contributed by atoms with Crippen LogP contribution in [0.5, 0.6) is 0 Å². The van der Waals surface area contributed by atoms with Crippen molar-refractivity contribution in [3.8, 4) is 0 Å². The molecule has 3 nitrogen and oxygen atoms in total. The molecule has 3 rings (SSSR count). The Balaban J connectivity index is 1.83. The van der Waals surface area contributed by atoms with Gasteiger partial charge in [-0.25, -0.2) is 0 Å². The quantitative estimate of drug-likeness (QED) is 0.926. The molecule has 1 N–H and O–H groups in total. The van der Waals surface area contributed by atoms with Gasteiger partial charge in [-0.1, -0.05) is 0 Å². The van der Waals surface area contributed by atoms with Crippen molar-refractivity contribution in [1.82, 2.24) is 9.55 Å². The highest BCUT2D eigenvalue weighted by Gasteiger charge is 2.19. The number of aromatic nitrogens is 2. The Morgan fingerprint density at radius 2 is 2.28 bits per heavy atom. The number of aliphatic hydroxyl groups excluding tert-OH is 1. The van der Waals surface area contributed by atoms with Gasteiger partial charge in [-0.2, -0.15) is 0 Å². The van der Waals surface area contributed by atoms with Gasteiger partial charge in [0.15, 0.2) is 0 Å². The van der Waals surface area contributed by atoms with Gasteiger partial charge in [-0.3, -0.25) is 4.98 Å². The third-order valence-corrected chi connectivity index (χ3v) is 3.88. The molecule has 0 saturated carbocycles. The molecule has 94 valence electrons. The summed E-state index contributed by atoms with van der Waals surface area (Å²) in [6.45, 7) is 0.757. The van der Waals surface area contributed by atoms with Crippen LogP contribution in [-0.4, -0.2) is 14.7 Å². The number of aryl methyl sites for hydroxylation is 1. The first-order valence-electron chi connectivity index (χ1n) is 6.19. The second kappa shape index (κ2) is 4.86. The minimum atomic E-state index is -0.284. The van der Waals surface area contributed by atoms with E-state index >= 15 is 0 Å². The van der Waals surface area contributed by atoms with E-state index < -0.39 is 0 Å². The molecule has 0 radical (unpaired) electrons. The number of halogens is 1. The van der Waals surface area contributed by atoms with Gasteiger partial charge in [-0.05, 0) is 52.9 Å². The van der Waals surface area contributed by atoms with Crippen LogP contribution in [0.25, 0.3) is 0 Å². The van der Waals surface area contributed by atoms with E-state index in [0.717, 1.165) is 41.5 Å². The zero-order chi connectivity index (χ0) is 12.5. The highest BCUT2D eigenvalue weighted by Crippen LogP contribution is 2.30. The van der Waals surface area contributed by atoms with Crippen LogP contribution in [0.4, 0.5) is 0 Å². The SMILES string of the molecule is OC1CCCc2cn(Cc3ccc(Br)cn3)cc21. The van der Waals surface area contributed by atoms with Crippen LogP contribution < -0.4 is 0 Å². The molecule has 1 unspecified atom stereocenters. The maximum absolute atomic E-state index is 9.94. The van der Waals surface area contributed by atoms with Crippen molar-refractivity contribution in [3.63, 3.8) is 0 Å². The van der Waals surface area contributed by atoms with Crippen LogP contribution in [0, 0.1) is 0 Å². The molecule has 0 fully saturated rings. The number of pyridine rings is 1. The summed E-state index contributed by atoms with van der Waals surface area (Å²) in [5.41, 5.74) is 3.41. The monoisotopic (exact) mass is 306 g/mol. The Morgan fingerprint density at radius 3 is 3.00 bits per heavy atom. The zero-order valence-electron chi connectivity index (χ0n) is 10.0. The summed E-state index contributed by atoms with van der Waals surface area (Å²) in [6.07, 6.45) is 8.76. The van der Waals surface area contributed by atoms with Crippen LogP contribution in [0.3, 0.4) is 0 Å². The fraction of sp³-hybridized carbons (Fsp3) is 0.357. The molecule has 1 atom stereocenters. The van der Waals surface area contributed by atoms with Gasteiger partial charge >= 0.3 is 0 Å². The maximum atomic E-state index is 9.94. The number of hydrogen-bond donors (Lipinski definition) is 1. The number of hydrogen-bond acceptors (Lipinski definition) is 2. The summed E-state index contributed by atoms with van der Waals surface area (Å²) in [5.74, 6) is 0. The lowest BCUT2D eigenvalue weighted by molar-refractivity contribution is 0.157. The van der Waals surface area contributed by atoms with Gasteiger partial charge in [-0.15, -0.1) is 0 Å². The average Bonchev–Trinajstić information content (AvgIpc) is 2.76. The Hall–Kier alpha value is -1.13. The van der Waals surface area contributed by atoms with Crippen molar-refractivity contribution >= 4 is 15.9 Å². The van der Waals surface area contributed by atoms with Crippen LogP contribution in [0.15, 0.2) is 35.2 Å². The Morgan fingerprint density at radius 1 is 1.39 bits per heavy atom. The number of fused-ring (bicyclic) bond motifs is 1. The Labute approximate surface area is 115 Å². The largest absolute Gasteiger partial charge is 0.388 e. The molecule has 2 heterocycles. The van der Waals surface area contributed by atoms with E-state index in [1.807, 2.05) is 18.3 Å². The van der Waals surface area contributed by atoms with Gasteiger partial charge in [0.2, 0.25) is 0 Å². The van der Waals surface area contributed by atoms with Crippen molar-refractivity contribution in [2.45, 2.75) is 31.9 Å². The lowest BCUT2D eigenvalue weighted by Gasteiger charge is -2.16. The fourth-order valence-corrected chi connectivity index (χ4v) is 2.74.